The Kier molecular flexibility index (Phi) is 5.90. The smallest absolute Gasteiger partial charge is 0.539 e. The molecule has 1 aliphatic heterocycles. The van der Waals surface area contributed by atoms with E-state index in [1.807, 2.05) is 0 Å². The number of hydrogen-bond acceptors (Lipinski definition) is 8. The van der Waals surface area contributed by atoms with E-state index in [9.17, 15) is 19.5 Å². The van der Waals surface area contributed by atoms with Crippen LogP contribution in [0.4, 0.5) is 0 Å². The summed E-state index contributed by atoms with van der Waals surface area (Å²) >= 11 is 0. The van der Waals surface area contributed by atoms with Crippen molar-refractivity contribution in [1.29, 1.82) is 0 Å². The van der Waals surface area contributed by atoms with Crippen molar-refractivity contribution in [3.8, 4) is 0 Å². The van der Waals surface area contributed by atoms with Crippen LogP contribution in [-0.2, 0) is 23.9 Å². The molecule has 1 heterocycles. The number of carboxylic acids is 1. The van der Waals surface area contributed by atoms with Crippen molar-refractivity contribution in [2.45, 2.75) is 18.3 Å². The Bertz CT molecular complexity index is 303. The number of carbonyl (C=O) groups excluding carboxylic acids is 3. The van der Waals surface area contributed by atoms with Gasteiger partial charge in [0.2, 0.25) is 0 Å². The van der Waals surface area contributed by atoms with Crippen molar-refractivity contribution in [3.63, 3.8) is 0 Å². The number of cyclic esters (lactones) is 1. The normalized spacial score (nSPS) is 27.9. The van der Waals surface area contributed by atoms with Crippen LogP contribution in [0.5, 0.6) is 0 Å². The van der Waals surface area contributed by atoms with Crippen LogP contribution in [0.25, 0.3) is 0 Å². The molecule has 16 heavy (non-hydrogen) atoms. The van der Waals surface area contributed by atoms with Crippen molar-refractivity contribution >= 4 is 17.9 Å². The van der Waals surface area contributed by atoms with Gasteiger partial charge >= 0.3 is 41.5 Å². The number of aliphatic hydroxyl groups is 2. The zero-order chi connectivity index (χ0) is 11.6. The van der Waals surface area contributed by atoms with E-state index in [-0.39, 0.29) is 29.6 Å². The van der Waals surface area contributed by atoms with E-state index >= 15 is 0 Å². The third-order valence-corrected chi connectivity index (χ3v) is 1.76. The SMILES string of the molecule is O=C([O-])C(=O)OC[C@H]1OC(=O)[C@H](O)[C@@H]1O.[Na+]. The minimum Gasteiger partial charge on any atom is -0.539 e. The molecule has 0 bridgehead atoms. The molecular weight excluding hydrogens is 235 g/mol. The van der Waals surface area contributed by atoms with Crippen LogP contribution in [0.3, 0.4) is 0 Å². The number of aliphatic carboxylic acids is 1. The summed E-state index contributed by atoms with van der Waals surface area (Å²) in [6.45, 7) is -0.656. The average Bonchev–Trinajstić information content (AvgIpc) is 2.42. The van der Waals surface area contributed by atoms with Crippen LogP contribution < -0.4 is 34.7 Å². The molecule has 3 atom stereocenters. The zero-order valence-electron chi connectivity index (χ0n) is 8.28. The largest absolute Gasteiger partial charge is 1.00 e. The molecule has 0 aromatic rings. The first-order valence-electron chi connectivity index (χ1n) is 3.88. The molecule has 1 fully saturated rings. The van der Waals surface area contributed by atoms with E-state index in [4.69, 9.17) is 10.2 Å². The van der Waals surface area contributed by atoms with Crippen LogP contribution >= 0.6 is 0 Å². The van der Waals surface area contributed by atoms with E-state index < -0.39 is 42.8 Å². The topological polar surface area (TPSA) is 133 Å². The molecular formula is C7H7NaO8. The van der Waals surface area contributed by atoms with Crippen LogP contribution in [0.2, 0.25) is 0 Å². The van der Waals surface area contributed by atoms with Crippen LogP contribution in [-0.4, -0.2) is 53.0 Å². The predicted octanol–water partition coefficient (Wildman–Crippen LogP) is -7.07. The predicted molar refractivity (Wildman–Crippen MR) is 37.9 cm³/mol. The Balaban J connectivity index is 0.00000225. The first-order chi connectivity index (χ1) is 6.93. The van der Waals surface area contributed by atoms with Gasteiger partial charge in [-0.3, -0.25) is 0 Å². The quantitative estimate of drug-likeness (QED) is 0.277. The van der Waals surface area contributed by atoms with Crippen LogP contribution in [0.15, 0.2) is 0 Å². The number of carbonyl (C=O) groups is 3. The van der Waals surface area contributed by atoms with Gasteiger partial charge in [-0.2, -0.15) is 0 Å². The number of ether oxygens (including phenoxy) is 2. The van der Waals surface area contributed by atoms with Crippen LogP contribution in [0, 0.1) is 0 Å². The molecule has 0 spiro atoms. The standard InChI is InChI=1S/C7H8O8.Na/c8-3-2(15-6(12)4(3)9)1-14-7(13)5(10)11;/h2-4,8-9H,1H2,(H,10,11);/q;+1/p-1/t2-,3-,4-;/m1./s1. The molecule has 8 nitrogen and oxygen atoms in total. The van der Waals surface area contributed by atoms with Gasteiger partial charge in [0, 0.05) is 0 Å². The second-order valence-corrected chi connectivity index (χ2v) is 2.80. The van der Waals surface area contributed by atoms with Crippen molar-refractivity contribution in [2.75, 3.05) is 6.61 Å². The number of aliphatic hydroxyl groups excluding tert-OH is 2. The van der Waals surface area contributed by atoms with Gasteiger partial charge in [0.15, 0.2) is 18.2 Å². The minimum absolute atomic E-state index is 0. The van der Waals surface area contributed by atoms with Gasteiger partial charge in [-0.25, -0.2) is 9.59 Å². The maximum atomic E-state index is 10.7. The molecule has 0 unspecified atom stereocenters. The Labute approximate surface area is 111 Å². The minimum atomic E-state index is -2.05. The molecule has 0 amide bonds. The summed E-state index contributed by atoms with van der Waals surface area (Å²) < 4.78 is 8.49. The average molecular weight is 242 g/mol. The second-order valence-electron chi connectivity index (χ2n) is 2.80. The molecule has 9 heteroatoms. The van der Waals surface area contributed by atoms with E-state index in [1.165, 1.54) is 0 Å². The fourth-order valence-corrected chi connectivity index (χ4v) is 0.981. The van der Waals surface area contributed by atoms with E-state index in [2.05, 4.69) is 9.47 Å². The first kappa shape index (κ1) is 15.3. The fraction of sp³-hybridized carbons (Fsp3) is 0.571. The fourth-order valence-electron chi connectivity index (χ4n) is 0.981. The molecule has 1 aliphatic rings. The first-order valence-corrected chi connectivity index (χ1v) is 3.88. The summed E-state index contributed by atoms with van der Waals surface area (Å²) in [6, 6.07) is 0. The molecule has 1 rings (SSSR count). The zero-order valence-corrected chi connectivity index (χ0v) is 10.3. The summed E-state index contributed by atoms with van der Waals surface area (Å²) in [5.41, 5.74) is 0. The van der Waals surface area contributed by atoms with Gasteiger partial charge in [0.1, 0.15) is 12.7 Å². The maximum absolute atomic E-state index is 10.7. The molecule has 2 N–H and O–H groups in total. The molecule has 0 aliphatic carbocycles. The Morgan fingerprint density at radius 3 is 2.38 bits per heavy atom. The molecule has 1 saturated heterocycles. The van der Waals surface area contributed by atoms with Crippen molar-refractivity contribution in [3.05, 3.63) is 0 Å². The number of hydrogen-bond donors (Lipinski definition) is 2. The van der Waals surface area contributed by atoms with E-state index in [0.29, 0.717) is 0 Å². The summed E-state index contributed by atoms with van der Waals surface area (Å²) in [4.78, 5) is 31.0. The second kappa shape index (κ2) is 6.16. The number of rotatable bonds is 2. The van der Waals surface area contributed by atoms with Gasteiger partial charge in [-0.05, 0) is 0 Å². The van der Waals surface area contributed by atoms with Gasteiger partial charge in [0.25, 0.3) is 0 Å². The summed E-state index contributed by atoms with van der Waals surface area (Å²) in [6.07, 6.45) is -4.53. The summed E-state index contributed by atoms with van der Waals surface area (Å²) in [5, 5.41) is 28.0. The molecule has 0 aromatic carbocycles. The van der Waals surface area contributed by atoms with Crippen molar-refractivity contribution in [2.24, 2.45) is 0 Å². The Morgan fingerprint density at radius 1 is 1.44 bits per heavy atom. The maximum Gasteiger partial charge on any atom is 1.00 e. The molecule has 0 aromatic heterocycles. The van der Waals surface area contributed by atoms with Crippen LogP contribution in [0.1, 0.15) is 0 Å². The molecule has 0 saturated carbocycles. The van der Waals surface area contributed by atoms with Crippen molar-refractivity contribution in [1.82, 2.24) is 0 Å². The monoisotopic (exact) mass is 242 g/mol. The van der Waals surface area contributed by atoms with Gasteiger partial charge in [-0.15, -0.1) is 0 Å². The number of carboxylic acid groups (broad SMARTS) is 1. The third-order valence-electron chi connectivity index (χ3n) is 1.76. The molecule has 84 valence electrons. The summed E-state index contributed by atoms with van der Waals surface area (Å²) in [5.74, 6) is -4.74. The molecule has 0 radical (unpaired) electrons. The van der Waals surface area contributed by atoms with Gasteiger partial charge in [-0.1, -0.05) is 0 Å². The van der Waals surface area contributed by atoms with E-state index in [0.717, 1.165) is 0 Å². The third kappa shape index (κ3) is 3.42. The van der Waals surface area contributed by atoms with E-state index in [1.54, 1.807) is 0 Å². The summed E-state index contributed by atoms with van der Waals surface area (Å²) in [7, 11) is 0. The Morgan fingerprint density at radius 2 is 2.00 bits per heavy atom. The Hall–Kier alpha value is -0.670. The van der Waals surface area contributed by atoms with Gasteiger partial charge < -0.3 is 29.6 Å². The van der Waals surface area contributed by atoms with Gasteiger partial charge in [0.05, 0.1) is 0 Å². The van der Waals surface area contributed by atoms with Crippen molar-refractivity contribution < 1.29 is 68.7 Å². The number of esters is 2.